The lowest BCUT2D eigenvalue weighted by molar-refractivity contribution is 0.0793. The van der Waals surface area contributed by atoms with Crippen LogP contribution in [-0.4, -0.2) is 26.8 Å². The lowest BCUT2D eigenvalue weighted by atomic mass is 9.99. The van der Waals surface area contributed by atoms with Crippen molar-refractivity contribution in [2.75, 3.05) is 0 Å². The number of H-pyrrole nitrogens is 1. The molecule has 1 rings (SSSR count). The zero-order chi connectivity index (χ0) is 11.6. The Balaban J connectivity index is 3.04. The molecule has 0 unspecified atom stereocenters. The van der Waals surface area contributed by atoms with E-state index in [4.69, 9.17) is 5.84 Å². The topological polar surface area (TPSA) is 104 Å². The number of hydrogen-bond acceptors (Lipinski definition) is 4. The van der Waals surface area contributed by atoms with Crippen molar-refractivity contribution in [3.63, 3.8) is 0 Å². The van der Waals surface area contributed by atoms with Crippen LogP contribution in [0.3, 0.4) is 0 Å². The molecule has 0 saturated heterocycles. The Hall–Kier alpha value is -1.40. The fourth-order valence-electron chi connectivity index (χ4n) is 1.39. The molecule has 0 aromatic carbocycles. The fraction of sp³-hybridized carbons (Fsp3) is 0.556. The summed E-state index contributed by atoms with van der Waals surface area (Å²) in [7, 11) is 0. The van der Waals surface area contributed by atoms with Crippen molar-refractivity contribution in [3.8, 4) is 0 Å². The molecule has 6 heteroatoms. The average molecular weight is 212 g/mol. The monoisotopic (exact) mass is 212 g/mol. The van der Waals surface area contributed by atoms with Crippen LogP contribution in [0.25, 0.3) is 0 Å². The van der Waals surface area contributed by atoms with E-state index in [1.807, 2.05) is 0 Å². The minimum atomic E-state index is -0.911. The van der Waals surface area contributed by atoms with Crippen molar-refractivity contribution >= 4 is 5.91 Å². The Morgan fingerprint density at radius 3 is 2.73 bits per heavy atom. The van der Waals surface area contributed by atoms with Gasteiger partial charge >= 0.3 is 0 Å². The molecule has 0 radical (unpaired) electrons. The van der Waals surface area contributed by atoms with E-state index in [1.165, 1.54) is 0 Å². The van der Waals surface area contributed by atoms with Crippen LogP contribution in [0.5, 0.6) is 0 Å². The Morgan fingerprint density at radius 2 is 2.27 bits per heavy atom. The lowest BCUT2D eigenvalue weighted by Crippen LogP contribution is -2.32. The predicted octanol–water partition coefficient (Wildman–Crippen LogP) is -0.365. The van der Waals surface area contributed by atoms with E-state index >= 15 is 0 Å². The van der Waals surface area contributed by atoms with E-state index in [1.54, 1.807) is 20.8 Å². The molecule has 1 amide bonds. The number of aromatic nitrogens is 2. The van der Waals surface area contributed by atoms with Crippen molar-refractivity contribution in [3.05, 3.63) is 17.0 Å². The number of carbonyl (C=O) groups is 1. The Bertz CT molecular complexity index is 365. The van der Waals surface area contributed by atoms with Gasteiger partial charge in [-0.25, -0.2) is 5.84 Å². The van der Waals surface area contributed by atoms with Crippen LogP contribution in [0, 0.1) is 6.92 Å². The molecular formula is C9H16N4O2. The quantitative estimate of drug-likeness (QED) is 0.312. The number of hydrogen-bond donors (Lipinski definition) is 4. The number of nitrogens with zero attached hydrogens (tertiary/aromatic N) is 1. The summed E-state index contributed by atoms with van der Waals surface area (Å²) < 4.78 is 0. The Morgan fingerprint density at radius 1 is 1.67 bits per heavy atom. The highest BCUT2D eigenvalue weighted by Crippen LogP contribution is 2.16. The number of aryl methyl sites for hydroxylation is 1. The average Bonchev–Trinajstić information content (AvgIpc) is 2.43. The maximum absolute atomic E-state index is 11.4. The molecule has 0 atom stereocenters. The first-order chi connectivity index (χ1) is 6.85. The van der Waals surface area contributed by atoms with Crippen LogP contribution in [0.15, 0.2) is 0 Å². The molecule has 0 aliphatic heterocycles. The third-order valence-corrected chi connectivity index (χ3v) is 1.98. The van der Waals surface area contributed by atoms with Gasteiger partial charge in [0.1, 0.15) is 0 Å². The summed E-state index contributed by atoms with van der Waals surface area (Å²) in [5.74, 6) is 4.66. The maximum atomic E-state index is 11.4. The largest absolute Gasteiger partial charge is 0.390 e. The SMILES string of the molecule is Cc1[nH]nc(CC(C)(C)O)c1C(=O)NN. The number of amides is 1. The zero-order valence-electron chi connectivity index (χ0n) is 9.09. The number of carbonyl (C=O) groups excluding carboxylic acids is 1. The number of rotatable bonds is 3. The van der Waals surface area contributed by atoms with Gasteiger partial charge in [0.25, 0.3) is 5.91 Å². The van der Waals surface area contributed by atoms with Crippen LogP contribution >= 0.6 is 0 Å². The minimum Gasteiger partial charge on any atom is -0.390 e. The van der Waals surface area contributed by atoms with Gasteiger partial charge in [-0.15, -0.1) is 0 Å². The van der Waals surface area contributed by atoms with Crippen molar-refractivity contribution in [1.29, 1.82) is 0 Å². The van der Waals surface area contributed by atoms with Gasteiger partial charge in [0.05, 0.1) is 16.9 Å². The minimum absolute atomic E-state index is 0.292. The highest BCUT2D eigenvalue weighted by Gasteiger charge is 2.22. The van der Waals surface area contributed by atoms with Crippen LogP contribution < -0.4 is 11.3 Å². The van der Waals surface area contributed by atoms with E-state index in [9.17, 15) is 9.90 Å². The molecule has 0 fully saturated rings. The smallest absolute Gasteiger partial charge is 0.268 e. The first-order valence-electron chi connectivity index (χ1n) is 4.62. The second kappa shape index (κ2) is 4.00. The van der Waals surface area contributed by atoms with Crippen LogP contribution in [0.1, 0.15) is 35.6 Å². The molecule has 84 valence electrons. The highest BCUT2D eigenvalue weighted by molar-refractivity contribution is 5.95. The van der Waals surface area contributed by atoms with Crippen molar-refractivity contribution in [2.45, 2.75) is 32.8 Å². The van der Waals surface area contributed by atoms with Crippen LogP contribution in [0.4, 0.5) is 0 Å². The summed E-state index contributed by atoms with van der Waals surface area (Å²) in [4.78, 5) is 11.4. The maximum Gasteiger partial charge on any atom is 0.268 e. The summed E-state index contributed by atoms with van der Waals surface area (Å²) in [5.41, 5.74) is 2.70. The molecule has 15 heavy (non-hydrogen) atoms. The second-order valence-electron chi connectivity index (χ2n) is 4.13. The normalized spacial score (nSPS) is 11.5. The fourth-order valence-corrected chi connectivity index (χ4v) is 1.39. The number of nitrogens with one attached hydrogen (secondary N) is 2. The van der Waals surface area contributed by atoms with Gasteiger partial charge in [-0.3, -0.25) is 15.3 Å². The number of aromatic amines is 1. The van der Waals surface area contributed by atoms with Crippen molar-refractivity contribution in [2.24, 2.45) is 5.84 Å². The molecular weight excluding hydrogens is 196 g/mol. The molecule has 6 nitrogen and oxygen atoms in total. The summed E-state index contributed by atoms with van der Waals surface area (Å²) >= 11 is 0. The van der Waals surface area contributed by atoms with Gasteiger partial charge in [0.15, 0.2) is 0 Å². The van der Waals surface area contributed by atoms with Gasteiger partial charge in [0.2, 0.25) is 0 Å². The van der Waals surface area contributed by atoms with Gasteiger partial charge < -0.3 is 5.11 Å². The first-order valence-corrected chi connectivity index (χ1v) is 4.62. The predicted molar refractivity (Wildman–Crippen MR) is 55.0 cm³/mol. The van der Waals surface area contributed by atoms with E-state index in [0.29, 0.717) is 23.4 Å². The molecule has 1 aromatic rings. The molecule has 1 heterocycles. The molecule has 1 aromatic heterocycles. The van der Waals surface area contributed by atoms with Crippen molar-refractivity contribution in [1.82, 2.24) is 15.6 Å². The standard InChI is InChI=1S/C9H16N4O2/c1-5-7(8(14)11-10)6(13-12-5)4-9(2,3)15/h15H,4,10H2,1-3H3,(H,11,14)(H,12,13). The van der Waals surface area contributed by atoms with Gasteiger partial charge in [-0.05, 0) is 20.8 Å². The summed E-state index contributed by atoms with van der Waals surface area (Å²) in [5, 5.41) is 16.3. The third-order valence-electron chi connectivity index (χ3n) is 1.98. The Labute approximate surface area is 87.8 Å². The van der Waals surface area contributed by atoms with E-state index in [-0.39, 0.29) is 0 Å². The van der Waals surface area contributed by atoms with Gasteiger partial charge in [0, 0.05) is 12.1 Å². The third kappa shape index (κ3) is 2.77. The number of hydrazine groups is 1. The summed E-state index contributed by atoms with van der Waals surface area (Å²) in [6, 6.07) is 0. The van der Waals surface area contributed by atoms with E-state index in [2.05, 4.69) is 15.6 Å². The molecule has 0 aliphatic rings. The number of nitrogens with two attached hydrogens (primary N) is 1. The summed E-state index contributed by atoms with van der Waals surface area (Å²) in [6.45, 7) is 5.04. The highest BCUT2D eigenvalue weighted by atomic mass is 16.3. The number of aliphatic hydroxyl groups is 1. The lowest BCUT2D eigenvalue weighted by Gasteiger charge is -2.15. The van der Waals surface area contributed by atoms with Gasteiger partial charge in [-0.1, -0.05) is 0 Å². The van der Waals surface area contributed by atoms with E-state index in [0.717, 1.165) is 0 Å². The molecule has 5 N–H and O–H groups in total. The molecule has 0 aliphatic carbocycles. The van der Waals surface area contributed by atoms with Gasteiger partial charge in [-0.2, -0.15) is 5.10 Å². The Kier molecular flexibility index (Phi) is 3.11. The second-order valence-corrected chi connectivity index (χ2v) is 4.13. The van der Waals surface area contributed by atoms with Crippen LogP contribution in [-0.2, 0) is 6.42 Å². The zero-order valence-corrected chi connectivity index (χ0v) is 9.09. The summed E-state index contributed by atoms with van der Waals surface area (Å²) in [6.07, 6.45) is 0.292. The molecule has 0 bridgehead atoms. The molecule has 0 saturated carbocycles. The van der Waals surface area contributed by atoms with E-state index < -0.39 is 11.5 Å². The van der Waals surface area contributed by atoms with Crippen LogP contribution in [0.2, 0.25) is 0 Å². The molecule has 0 spiro atoms. The van der Waals surface area contributed by atoms with Crippen molar-refractivity contribution < 1.29 is 9.90 Å². The first kappa shape index (κ1) is 11.7. The number of nitrogen functional groups attached to an aromatic ring is 1.